The van der Waals surface area contributed by atoms with Crippen molar-refractivity contribution in [2.45, 2.75) is 26.9 Å². The molecule has 0 aliphatic rings. The van der Waals surface area contributed by atoms with Crippen molar-refractivity contribution >= 4 is 5.91 Å². The molecule has 0 spiro atoms. The van der Waals surface area contributed by atoms with Crippen LogP contribution in [0.4, 0.5) is 0 Å². The Kier molecular flexibility index (Phi) is 4.23. The van der Waals surface area contributed by atoms with Gasteiger partial charge >= 0.3 is 0 Å². The van der Waals surface area contributed by atoms with Crippen molar-refractivity contribution in [3.05, 3.63) is 12.2 Å². The van der Waals surface area contributed by atoms with E-state index in [2.05, 4.69) is 29.4 Å². The lowest BCUT2D eigenvalue weighted by atomic mass is 10.2. The summed E-state index contributed by atoms with van der Waals surface area (Å²) < 4.78 is 1.97. The van der Waals surface area contributed by atoms with Crippen LogP contribution in [-0.4, -0.2) is 27.2 Å². The van der Waals surface area contributed by atoms with E-state index in [1.165, 1.54) is 0 Å². The third-order valence-corrected chi connectivity index (χ3v) is 1.84. The van der Waals surface area contributed by atoms with Crippen LogP contribution in [0.25, 0.3) is 0 Å². The van der Waals surface area contributed by atoms with E-state index in [4.69, 9.17) is 5.73 Å². The smallest absolute Gasteiger partial charge is 0.231 e. The minimum atomic E-state index is -0.370. The van der Waals surface area contributed by atoms with Gasteiger partial charge in [-0.15, -0.1) is 10.2 Å². The first-order chi connectivity index (χ1) is 7.09. The van der Waals surface area contributed by atoms with E-state index in [9.17, 15) is 4.79 Å². The highest BCUT2D eigenvalue weighted by atomic mass is 16.1. The average Bonchev–Trinajstić information content (AvgIpc) is 2.51. The molecule has 0 saturated heterocycles. The van der Waals surface area contributed by atoms with Gasteiger partial charge in [-0.3, -0.25) is 4.79 Å². The van der Waals surface area contributed by atoms with Gasteiger partial charge in [0, 0.05) is 6.54 Å². The molecule has 1 amide bonds. The number of nitrogens with one attached hydrogen (secondary N) is 1. The van der Waals surface area contributed by atoms with Gasteiger partial charge < -0.3 is 15.6 Å². The number of hydrogen-bond donors (Lipinski definition) is 2. The molecular weight excluding hydrogens is 194 g/mol. The summed E-state index contributed by atoms with van der Waals surface area (Å²) in [5, 5.41) is 10.7. The quantitative estimate of drug-likeness (QED) is 0.664. The first kappa shape index (κ1) is 11.6. The average molecular weight is 211 g/mol. The van der Waals surface area contributed by atoms with Gasteiger partial charge in [-0.2, -0.15) is 0 Å². The molecule has 0 aliphatic heterocycles. The summed E-state index contributed by atoms with van der Waals surface area (Å²) in [7, 11) is 0. The maximum absolute atomic E-state index is 10.5. The number of rotatable bonds is 6. The van der Waals surface area contributed by atoms with Gasteiger partial charge in [0.05, 0.1) is 13.1 Å². The monoisotopic (exact) mass is 211 g/mol. The van der Waals surface area contributed by atoms with Crippen molar-refractivity contribution < 1.29 is 4.79 Å². The molecule has 15 heavy (non-hydrogen) atoms. The number of aromatic nitrogens is 3. The summed E-state index contributed by atoms with van der Waals surface area (Å²) in [5.41, 5.74) is 5.01. The third kappa shape index (κ3) is 4.07. The van der Waals surface area contributed by atoms with Crippen LogP contribution in [0.15, 0.2) is 6.33 Å². The molecule has 6 heteroatoms. The predicted molar refractivity (Wildman–Crippen MR) is 55.8 cm³/mol. The van der Waals surface area contributed by atoms with E-state index in [1.807, 2.05) is 4.57 Å². The van der Waals surface area contributed by atoms with Crippen LogP contribution in [0, 0.1) is 5.92 Å². The second-order valence-electron chi connectivity index (χ2n) is 3.86. The van der Waals surface area contributed by atoms with Crippen molar-refractivity contribution in [2.24, 2.45) is 11.7 Å². The molecular formula is C9H17N5O. The number of carbonyl (C=O) groups is 1. The zero-order valence-electron chi connectivity index (χ0n) is 9.10. The van der Waals surface area contributed by atoms with Gasteiger partial charge in [-0.25, -0.2) is 0 Å². The maximum Gasteiger partial charge on any atom is 0.231 e. The van der Waals surface area contributed by atoms with E-state index in [0.717, 1.165) is 12.4 Å². The van der Waals surface area contributed by atoms with E-state index >= 15 is 0 Å². The van der Waals surface area contributed by atoms with Crippen molar-refractivity contribution in [1.82, 2.24) is 20.1 Å². The number of nitrogens with zero attached hydrogens (tertiary/aromatic N) is 3. The predicted octanol–water partition coefficient (Wildman–Crippen LogP) is -0.491. The van der Waals surface area contributed by atoms with E-state index < -0.39 is 0 Å². The van der Waals surface area contributed by atoms with Crippen molar-refractivity contribution in [2.75, 3.05) is 6.54 Å². The van der Waals surface area contributed by atoms with Crippen LogP contribution in [0.5, 0.6) is 0 Å². The second-order valence-corrected chi connectivity index (χ2v) is 3.86. The second kappa shape index (κ2) is 5.45. The number of primary amides is 1. The lowest BCUT2D eigenvalue weighted by molar-refractivity contribution is -0.117. The normalized spacial score (nSPS) is 10.9. The number of carbonyl (C=O) groups excluding carboxylic acids is 1. The van der Waals surface area contributed by atoms with Gasteiger partial charge in [-0.05, 0) is 5.92 Å². The summed E-state index contributed by atoms with van der Waals surface area (Å²) in [5.74, 6) is 0.991. The summed E-state index contributed by atoms with van der Waals surface area (Å²) in [4.78, 5) is 10.5. The molecule has 0 atom stereocenters. The van der Waals surface area contributed by atoms with Crippen LogP contribution >= 0.6 is 0 Å². The molecule has 1 aromatic heterocycles. The maximum atomic E-state index is 10.5. The molecule has 0 saturated carbocycles. The van der Waals surface area contributed by atoms with Gasteiger partial charge in [-0.1, -0.05) is 13.8 Å². The van der Waals surface area contributed by atoms with Crippen LogP contribution in [0.2, 0.25) is 0 Å². The third-order valence-electron chi connectivity index (χ3n) is 1.84. The number of hydrogen-bond acceptors (Lipinski definition) is 4. The summed E-state index contributed by atoms with van der Waals surface area (Å²) in [6, 6.07) is 0. The Morgan fingerprint density at radius 1 is 1.67 bits per heavy atom. The van der Waals surface area contributed by atoms with Crippen molar-refractivity contribution in [3.8, 4) is 0 Å². The highest BCUT2D eigenvalue weighted by Crippen LogP contribution is 2.01. The van der Waals surface area contributed by atoms with Crippen molar-refractivity contribution in [3.63, 3.8) is 0 Å². The molecule has 1 heterocycles. The minimum absolute atomic E-state index is 0.161. The van der Waals surface area contributed by atoms with Crippen LogP contribution in [0.1, 0.15) is 19.7 Å². The molecule has 1 aromatic rings. The van der Waals surface area contributed by atoms with Gasteiger partial charge in [0.2, 0.25) is 5.91 Å². The van der Waals surface area contributed by atoms with Gasteiger partial charge in [0.25, 0.3) is 0 Å². The summed E-state index contributed by atoms with van der Waals surface area (Å²) >= 11 is 0. The molecule has 0 aromatic carbocycles. The number of nitrogens with two attached hydrogens (primary N) is 1. The molecule has 0 fully saturated rings. The lowest BCUT2D eigenvalue weighted by Gasteiger charge is -2.08. The van der Waals surface area contributed by atoms with Crippen LogP contribution in [0.3, 0.4) is 0 Å². The fourth-order valence-electron chi connectivity index (χ4n) is 1.26. The minimum Gasteiger partial charge on any atom is -0.369 e. The lowest BCUT2D eigenvalue weighted by Crippen LogP contribution is -2.29. The topological polar surface area (TPSA) is 85.8 Å². The zero-order valence-corrected chi connectivity index (χ0v) is 9.10. The molecule has 1 rings (SSSR count). The Labute approximate surface area is 88.9 Å². The molecule has 0 aliphatic carbocycles. The Morgan fingerprint density at radius 3 is 3.00 bits per heavy atom. The van der Waals surface area contributed by atoms with E-state index in [0.29, 0.717) is 12.5 Å². The molecule has 0 unspecified atom stereocenters. The fourth-order valence-corrected chi connectivity index (χ4v) is 1.26. The standard InChI is InChI=1S/C9H17N5O/c1-7(2)5-14-6-12-13-9(14)4-11-3-8(10)15/h6-7,11H,3-5H2,1-2H3,(H2,10,15). The molecule has 0 radical (unpaired) electrons. The Morgan fingerprint density at radius 2 is 2.40 bits per heavy atom. The number of amides is 1. The van der Waals surface area contributed by atoms with Crippen LogP contribution in [-0.2, 0) is 17.9 Å². The summed E-state index contributed by atoms with van der Waals surface area (Å²) in [6.45, 7) is 5.80. The van der Waals surface area contributed by atoms with Gasteiger partial charge in [0.1, 0.15) is 12.2 Å². The zero-order chi connectivity index (χ0) is 11.3. The molecule has 84 valence electrons. The summed E-state index contributed by atoms with van der Waals surface area (Å²) in [6.07, 6.45) is 1.70. The first-order valence-electron chi connectivity index (χ1n) is 4.95. The van der Waals surface area contributed by atoms with Crippen molar-refractivity contribution in [1.29, 1.82) is 0 Å². The van der Waals surface area contributed by atoms with Gasteiger partial charge in [0.15, 0.2) is 0 Å². The first-order valence-corrected chi connectivity index (χ1v) is 4.95. The molecule has 6 nitrogen and oxygen atoms in total. The highest BCUT2D eigenvalue weighted by Gasteiger charge is 2.05. The van der Waals surface area contributed by atoms with E-state index in [-0.39, 0.29) is 12.5 Å². The largest absolute Gasteiger partial charge is 0.369 e. The Balaban J connectivity index is 2.46. The Bertz CT molecular complexity index is 320. The fraction of sp³-hybridized carbons (Fsp3) is 0.667. The Hall–Kier alpha value is -1.43. The molecule has 0 bridgehead atoms. The van der Waals surface area contributed by atoms with Crippen LogP contribution < -0.4 is 11.1 Å². The molecule has 3 N–H and O–H groups in total. The SMILES string of the molecule is CC(C)Cn1cnnc1CNCC(N)=O. The highest BCUT2D eigenvalue weighted by molar-refractivity contribution is 5.75. The van der Waals surface area contributed by atoms with E-state index in [1.54, 1.807) is 6.33 Å².